The number of H-pyrrole nitrogens is 1. The van der Waals surface area contributed by atoms with Crippen molar-refractivity contribution in [3.8, 4) is 0 Å². The zero-order valence-corrected chi connectivity index (χ0v) is 16.0. The van der Waals surface area contributed by atoms with Crippen LogP contribution < -0.4 is 10.2 Å². The fourth-order valence-corrected chi connectivity index (χ4v) is 4.19. The third-order valence-electron chi connectivity index (χ3n) is 5.56. The Balaban J connectivity index is 1.39. The Labute approximate surface area is 166 Å². The lowest BCUT2D eigenvalue weighted by Crippen LogP contribution is -2.49. The van der Waals surface area contributed by atoms with Gasteiger partial charge in [-0.2, -0.15) is 13.2 Å². The van der Waals surface area contributed by atoms with Gasteiger partial charge in [0.2, 0.25) is 0 Å². The molecule has 2 amide bonds. The summed E-state index contributed by atoms with van der Waals surface area (Å²) in [6.07, 6.45) is 4.23. The number of urea groups is 1. The van der Waals surface area contributed by atoms with E-state index >= 15 is 0 Å². The van der Waals surface area contributed by atoms with Crippen molar-refractivity contribution in [3.63, 3.8) is 0 Å². The minimum Gasteiger partial charge on any atom is -0.361 e. The Hall–Kier alpha value is -2.78. The van der Waals surface area contributed by atoms with Gasteiger partial charge in [-0.3, -0.25) is 4.99 Å². The van der Waals surface area contributed by atoms with Crippen molar-refractivity contribution in [1.82, 2.24) is 20.2 Å². The maximum atomic E-state index is 12.5. The van der Waals surface area contributed by atoms with E-state index in [0.29, 0.717) is 11.4 Å². The van der Waals surface area contributed by atoms with Gasteiger partial charge >= 0.3 is 12.2 Å². The zero-order valence-electron chi connectivity index (χ0n) is 16.0. The number of nitrogens with zero attached hydrogens (tertiary/aromatic N) is 4. The molecule has 2 aromatic rings. The summed E-state index contributed by atoms with van der Waals surface area (Å²) in [6.45, 7) is -0.550. The molecule has 0 unspecified atom stereocenters. The van der Waals surface area contributed by atoms with Gasteiger partial charge in [0.15, 0.2) is 0 Å². The number of aromatic nitrogens is 2. The third kappa shape index (κ3) is 4.15. The third-order valence-corrected chi connectivity index (χ3v) is 5.56. The molecule has 2 aliphatic rings. The predicted octanol–water partition coefficient (Wildman–Crippen LogP) is 3.60. The molecule has 29 heavy (non-hydrogen) atoms. The predicted molar refractivity (Wildman–Crippen MR) is 105 cm³/mol. The number of amides is 2. The van der Waals surface area contributed by atoms with E-state index in [1.807, 2.05) is 18.5 Å². The Kier molecular flexibility index (Phi) is 5.10. The average Bonchev–Trinajstić information content (AvgIpc) is 3.16. The molecule has 3 heterocycles. The minimum absolute atomic E-state index is 0.114. The molecule has 2 aromatic heterocycles. The standard InChI is InChI=1S/C19H23F3N6O/c1-27(11-19(20,21)22)18(29)26-12-2-4-13(5-3-12)28-9-8-23-15-10-25-17-14(16(15)28)6-7-24-17/h6-8,10,12-13H,2-5,9,11H2,1H3,(H,24,25)(H,26,29). The van der Waals surface area contributed by atoms with Crippen molar-refractivity contribution < 1.29 is 18.0 Å². The molecule has 1 fully saturated rings. The van der Waals surface area contributed by atoms with Gasteiger partial charge in [0, 0.05) is 36.9 Å². The van der Waals surface area contributed by atoms with Crippen LogP contribution in [0, 0.1) is 0 Å². The maximum Gasteiger partial charge on any atom is 0.406 e. The molecule has 0 atom stereocenters. The summed E-state index contributed by atoms with van der Waals surface area (Å²) in [7, 11) is 1.16. The number of fused-ring (bicyclic) bond motifs is 3. The van der Waals surface area contributed by atoms with Crippen LogP contribution in [0.3, 0.4) is 0 Å². The van der Waals surface area contributed by atoms with E-state index in [2.05, 4.69) is 25.2 Å². The zero-order chi connectivity index (χ0) is 20.6. The van der Waals surface area contributed by atoms with E-state index in [1.54, 1.807) is 6.20 Å². The van der Waals surface area contributed by atoms with E-state index in [0.717, 1.165) is 55.1 Å². The number of carbonyl (C=O) groups is 1. The number of halogens is 3. The summed E-state index contributed by atoms with van der Waals surface area (Å²) >= 11 is 0. The molecular formula is C19H23F3N6O. The number of pyridine rings is 1. The summed E-state index contributed by atoms with van der Waals surface area (Å²) in [5.41, 5.74) is 2.73. The number of aliphatic imine (C=N–C) groups is 1. The minimum atomic E-state index is -4.40. The number of nitrogens with one attached hydrogen (secondary N) is 2. The van der Waals surface area contributed by atoms with Gasteiger partial charge in [-0.25, -0.2) is 9.78 Å². The summed E-state index contributed by atoms with van der Waals surface area (Å²) < 4.78 is 37.4. The Morgan fingerprint density at radius 2 is 2.10 bits per heavy atom. The van der Waals surface area contributed by atoms with Crippen LogP contribution in [0.15, 0.2) is 23.5 Å². The second kappa shape index (κ2) is 7.57. The van der Waals surface area contributed by atoms with Gasteiger partial charge in [0.05, 0.1) is 18.4 Å². The quantitative estimate of drug-likeness (QED) is 0.815. The summed E-state index contributed by atoms with van der Waals surface area (Å²) in [6, 6.07) is 1.48. The summed E-state index contributed by atoms with van der Waals surface area (Å²) in [5.74, 6) is 0. The number of anilines is 1. The Bertz CT molecular complexity index is 916. The largest absolute Gasteiger partial charge is 0.406 e. The molecule has 0 bridgehead atoms. The van der Waals surface area contributed by atoms with Gasteiger partial charge in [-0.05, 0) is 31.7 Å². The van der Waals surface area contributed by atoms with Crippen molar-refractivity contribution in [1.29, 1.82) is 0 Å². The lowest BCUT2D eigenvalue weighted by atomic mass is 9.89. The SMILES string of the molecule is CN(CC(F)(F)F)C(=O)NC1CCC(N2CC=Nc3cnc4[nH]ccc4c32)CC1. The highest BCUT2D eigenvalue weighted by Crippen LogP contribution is 2.40. The van der Waals surface area contributed by atoms with Crippen molar-refractivity contribution in [2.75, 3.05) is 25.0 Å². The second-order valence-electron chi connectivity index (χ2n) is 7.62. The van der Waals surface area contributed by atoms with Crippen LogP contribution in [-0.4, -0.2) is 65.5 Å². The van der Waals surface area contributed by atoms with Crippen LogP contribution in [0.4, 0.5) is 29.3 Å². The van der Waals surface area contributed by atoms with Crippen LogP contribution in [0.25, 0.3) is 11.0 Å². The van der Waals surface area contributed by atoms with Gasteiger partial charge in [0.25, 0.3) is 0 Å². The first-order valence-corrected chi connectivity index (χ1v) is 9.65. The monoisotopic (exact) mass is 408 g/mol. The molecule has 2 N–H and O–H groups in total. The highest BCUT2D eigenvalue weighted by molar-refractivity contribution is 5.99. The molecular weight excluding hydrogens is 385 g/mol. The van der Waals surface area contributed by atoms with Crippen molar-refractivity contribution in [3.05, 3.63) is 18.5 Å². The van der Waals surface area contributed by atoms with E-state index in [1.165, 1.54) is 0 Å². The number of hydrogen-bond acceptors (Lipinski definition) is 4. The van der Waals surface area contributed by atoms with Crippen molar-refractivity contribution >= 4 is 34.7 Å². The van der Waals surface area contributed by atoms with Crippen LogP contribution in [0.5, 0.6) is 0 Å². The average molecular weight is 408 g/mol. The lowest BCUT2D eigenvalue weighted by molar-refractivity contribution is -0.137. The molecule has 0 aromatic carbocycles. The van der Waals surface area contributed by atoms with Crippen LogP contribution in [0.1, 0.15) is 25.7 Å². The van der Waals surface area contributed by atoms with E-state index in [-0.39, 0.29) is 12.1 Å². The number of aromatic amines is 1. The van der Waals surface area contributed by atoms with E-state index in [9.17, 15) is 18.0 Å². The number of hydrogen-bond donors (Lipinski definition) is 2. The first-order valence-electron chi connectivity index (χ1n) is 9.65. The number of carbonyl (C=O) groups excluding carboxylic acids is 1. The molecule has 156 valence electrons. The maximum absolute atomic E-state index is 12.5. The molecule has 0 spiro atoms. The van der Waals surface area contributed by atoms with Crippen LogP contribution in [0.2, 0.25) is 0 Å². The Morgan fingerprint density at radius 3 is 2.83 bits per heavy atom. The molecule has 0 radical (unpaired) electrons. The topological polar surface area (TPSA) is 76.6 Å². The lowest BCUT2D eigenvalue weighted by Gasteiger charge is -2.40. The molecule has 1 aliphatic carbocycles. The molecule has 1 saturated carbocycles. The first kappa shape index (κ1) is 19.5. The Morgan fingerprint density at radius 1 is 1.34 bits per heavy atom. The fourth-order valence-electron chi connectivity index (χ4n) is 4.19. The molecule has 10 heteroatoms. The van der Waals surface area contributed by atoms with Crippen molar-refractivity contribution in [2.24, 2.45) is 4.99 Å². The first-order chi connectivity index (χ1) is 13.8. The van der Waals surface area contributed by atoms with Crippen molar-refractivity contribution in [2.45, 2.75) is 43.9 Å². The summed E-state index contributed by atoms with van der Waals surface area (Å²) in [5, 5.41) is 3.77. The molecule has 4 rings (SSSR count). The van der Waals surface area contributed by atoms with E-state index in [4.69, 9.17) is 0 Å². The molecule has 0 saturated heterocycles. The van der Waals surface area contributed by atoms with Gasteiger partial charge < -0.3 is 20.1 Å². The second-order valence-corrected chi connectivity index (χ2v) is 7.62. The summed E-state index contributed by atoms with van der Waals surface area (Å²) in [4.78, 5) is 27.0. The number of alkyl halides is 3. The smallest absolute Gasteiger partial charge is 0.361 e. The number of rotatable bonds is 3. The fraction of sp³-hybridized carbons (Fsp3) is 0.526. The highest BCUT2D eigenvalue weighted by atomic mass is 19.4. The van der Waals surface area contributed by atoms with Crippen LogP contribution >= 0.6 is 0 Å². The molecule has 1 aliphatic heterocycles. The normalized spacial score (nSPS) is 21.9. The molecule has 7 nitrogen and oxygen atoms in total. The van der Waals surface area contributed by atoms with Gasteiger partial charge in [-0.15, -0.1) is 0 Å². The van der Waals surface area contributed by atoms with Gasteiger partial charge in [-0.1, -0.05) is 0 Å². The van der Waals surface area contributed by atoms with Crippen LogP contribution in [-0.2, 0) is 0 Å². The highest BCUT2D eigenvalue weighted by Gasteiger charge is 2.33. The van der Waals surface area contributed by atoms with Gasteiger partial charge in [0.1, 0.15) is 17.9 Å². The van der Waals surface area contributed by atoms with E-state index < -0.39 is 18.8 Å².